The molecule has 0 spiro atoms. The van der Waals surface area contributed by atoms with Crippen molar-refractivity contribution in [2.45, 2.75) is 101 Å². The SMILES string of the molecule is CCC(C)(C)C(=O)Oc1ccc(O)cc1.CCC(C)(C)C(=O)Oc1ccc(OC(OC)C(C)C)cc1.CCC(C)c1ccccc1. The number of hydrogen-bond donors (Lipinski definition) is 1. The number of aromatic hydroxyl groups is 1. The summed E-state index contributed by atoms with van der Waals surface area (Å²) in [5, 5.41) is 9.06. The summed E-state index contributed by atoms with van der Waals surface area (Å²) in [5.74, 6) is 2.30. The summed E-state index contributed by atoms with van der Waals surface area (Å²) in [7, 11) is 1.62. The van der Waals surface area contributed by atoms with Crippen LogP contribution in [-0.4, -0.2) is 30.4 Å². The number of rotatable bonds is 12. The fourth-order valence-electron chi connectivity index (χ4n) is 3.49. The molecule has 0 aliphatic rings. The second-order valence-electron chi connectivity index (χ2n) is 12.9. The zero-order valence-electron chi connectivity index (χ0n) is 29.8. The van der Waals surface area contributed by atoms with Crippen molar-refractivity contribution in [3.63, 3.8) is 0 Å². The highest BCUT2D eigenvalue weighted by Gasteiger charge is 2.28. The molecule has 7 heteroatoms. The molecule has 46 heavy (non-hydrogen) atoms. The van der Waals surface area contributed by atoms with Gasteiger partial charge in [0.1, 0.15) is 23.0 Å². The summed E-state index contributed by atoms with van der Waals surface area (Å²) in [5.41, 5.74) is 0.497. The van der Waals surface area contributed by atoms with Gasteiger partial charge in [0.15, 0.2) is 0 Å². The average molecular weight is 637 g/mol. The van der Waals surface area contributed by atoms with Crippen molar-refractivity contribution < 1.29 is 33.6 Å². The minimum atomic E-state index is -0.478. The molecule has 0 heterocycles. The molecule has 0 bridgehead atoms. The number of benzene rings is 3. The first-order valence-corrected chi connectivity index (χ1v) is 16.2. The summed E-state index contributed by atoms with van der Waals surface area (Å²) in [4.78, 5) is 23.7. The van der Waals surface area contributed by atoms with Crippen LogP contribution in [0.5, 0.6) is 23.0 Å². The molecule has 3 aromatic rings. The largest absolute Gasteiger partial charge is 0.508 e. The molecule has 2 unspecified atom stereocenters. The lowest BCUT2D eigenvalue weighted by molar-refractivity contribution is -0.144. The Morgan fingerprint density at radius 3 is 1.46 bits per heavy atom. The van der Waals surface area contributed by atoms with Gasteiger partial charge in [-0.3, -0.25) is 9.59 Å². The molecule has 0 saturated heterocycles. The van der Waals surface area contributed by atoms with Crippen molar-refractivity contribution in [3.05, 3.63) is 84.4 Å². The summed E-state index contributed by atoms with van der Waals surface area (Å²) in [6.45, 7) is 19.9. The van der Waals surface area contributed by atoms with Crippen LogP contribution in [-0.2, 0) is 14.3 Å². The number of hydrogen-bond acceptors (Lipinski definition) is 7. The van der Waals surface area contributed by atoms with Crippen LogP contribution < -0.4 is 14.2 Å². The minimum Gasteiger partial charge on any atom is -0.508 e. The Kier molecular flexibility index (Phi) is 17.1. The van der Waals surface area contributed by atoms with Gasteiger partial charge in [0.25, 0.3) is 0 Å². The molecule has 0 saturated carbocycles. The summed E-state index contributed by atoms with van der Waals surface area (Å²) in [6.07, 6.45) is 2.39. The molecule has 7 nitrogen and oxygen atoms in total. The third-order valence-corrected chi connectivity index (χ3v) is 7.96. The molecule has 1 N–H and O–H groups in total. The van der Waals surface area contributed by atoms with Crippen molar-refractivity contribution in [2.75, 3.05) is 7.11 Å². The smallest absolute Gasteiger partial charge is 0.316 e. The minimum absolute atomic E-state index is 0.157. The fourth-order valence-corrected chi connectivity index (χ4v) is 3.49. The standard InChI is InChI=1S/C17H26O4.C12H16O3.C10H14/c1-7-17(4,5)16(18)21-14-10-8-13(9-11-14)20-15(19-6)12(2)3;1-4-12(2,3)11(14)15-10-7-5-9(13)6-8-10;1-3-9(2)10-7-5-4-6-8-10/h8-12,15H,7H2,1-6H3;5-8,13H,4H2,1-3H3;4-9H,3H2,1-2H3. The molecular weight excluding hydrogens is 580 g/mol. The van der Waals surface area contributed by atoms with Gasteiger partial charge >= 0.3 is 11.9 Å². The Hall–Kier alpha value is -3.84. The highest BCUT2D eigenvalue weighted by molar-refractivity contribution is 5.78. The lowest BCUT2D eigenvalue weighted by Gasteiger charge is -2.21. The van der Waals surface area contributed by atoms with Gasteiger partial charge < -0.3 is 24.1 Å². The molecule has 0 amide bonds. The Balaban J connectivity index is 0.000000368. The number of ether oxygens (including phenoxy) is 4. The molecule has 2 atom stereocenters. The molecule has 3 rings (SSSR count). The van der Waals surface area contributed by atoms with Gasteiger partial charge in [-0.25, -0.2) is 0 Å². The van der Waals surface area contributed by atoms with E-state index in [4.69, 9.17) is 24.1 Å². The van der Waals surface area contributed by atoms with Crippen LogP contribution in [0.15, 0.2) is 78.9 Å². The van der Waals surface area contributed by atoms with Gasteiger partial charge in [0.05, 0.1) is 10.8 Å². The molecule has 0 aliphatic carbocycles. The lowest BCUT2D eigenvalue weighted by Crippen LogP contribution is -2.28. The average Bonchev–Trinajstić information content (AvgIpc) is 3.05. The van der Waals surface area contributed by atoms with E-state index in [9.17, 15) is 9.59 Å². The van der Waals surface area contributed by atoms with Gasteiger partial charge in [-0.15, -0.1) is 0 Å². The maximum Gasteiger partial charge on any atom is 0.316 e. The first-order chi connectivity index (χ1) is 21.6. The van der Waals surface area contributed by atoms with Crippen molar-refractivity contribution in [1.82, 2.24) is 0 Å². The first kappa shape index (κ1) is 40.2. The maximum atomic E-state index is 12.0. The number of phenolic OH excluding ortho intramolecular Hbond substituents is 1. The van der Waals surface area contributed by atoms with E-state index in [1.165, 1.54) is 24.1 Å². The van der Waals surface area contributed by atoms with Crippen LogP contribution in [0.2, 0.25) is 0 Å². The normalized spacial score (nSPS) is 12.4. The molecule has 0 aliphatic heterocycles. The van der Waals surface area contributed by atoms with E-state index >= 15 is 0 Å². The number of phenols is 1. The van der Waals surface area contributed by atoms with E-state index in [1.54, 1.807) is 43.5 Å². The first-order valence-electron chi connectivity index (χ1n) is 16.2. The molecule has 3 aromatic carbocycles. The Morgan fingerprint density at radius 1 is 0.674 bits per heavy atom. The van der Waals surface area contributed by atoms with E-state index in [0.717, 1.165) is 12.8 Å². The van der Waals surface area contributed by atoms with E-state index in [1.807, 2.05) is 55.4 Å². The zero-order chi connectivity index (χ0) is 34.9. The Bertz CT molecular complexity index is 1280. The summed E-state index contributed by atoms with van der Waals surface area (Å²) >= 11 is 0. The highest BCUT2D eigenvalue weighted by atomic mass is 16.7. The number of carbonyl (C=O) groups is 2. The van der Waals surface area contributed by atoms with Crippen LogP contribution in [0.3, 0.4) is 0 Å². The van der Waals surface area contributed by atoms with Gasteiger partial charge in [-0.2, -0.15) is 0 Å². The fraction of sp³-hybridized carbons (Fsp3) is 0.487. The number of carbonyl (C=O) groups excluding carboxylic acids is 2. The highest BCUT2D eigenvalue weighted by Crippen LogP contribution is 2.26. The second-order valence-corrected chi connectivity index (χ2v) is 12.9. The number of esters is 2. The molecule has 0 fully saturated rings. The van der Waals surface area contributed by atoms with Crippen molar-refractivity contribution >= 4 is 11.9 Å². The second kappa shape index (κ2) is 19.6. The van der Waals surface area contributed by atoms with E-state index in [-0.39, 0.29) is 29.9 Å². The van der Waals surface area contributed by atoms with Gasteiger partial charge in [0.2, 0.25) is 6.29 Å². The Morgan fingerprint density at radius 2 is 1.09 bits per heavy atom. The quantitative estimate of drug-likeness (QED) is 0.120. The van der Waals surface area contributed by atoms with Crippen molar-refractivity contribution in [1.29, 1.82) is 0 Å². The van der Waals surface area contributed by atoms with Crippen LogP contribution in [0, 0.1) is 16.7 Å². The molecule has 254 valence electrons. The number of methoxy groups -OCH3 is 1. The lowest BCUT2D eigenvalue weighted by atomic mass is 9.91. The van der Waals surface area contributed by atoms with Crippen LogP contribution in [0.1, 0.15) is 100.0 Å². The van der Waals surface area contributed by atoms with Crippen LogP contribution >= 0.6 is 0 Å². The third kappa shape index (κ3) is 14.1. The summed E-state index contributed by atoms with van der Waals surface area (Å²) < 4.78 is 21.5. The van der Waals surface area contributed by atoms with Crippen LogP contribution in [0.4, 0.5) is 0 Å². The maximum absolute atomic E-state index is 12.0. The Labute approximate surface area is 277 Å². The van der Waals surface area contributed by atoms with Crippen molar-refractivity contribution in [3.8, 4) is 23.0 Å². The predicted molar refractivity (Wildman–Crippen MR) is 185 cm³/mol. The van der Waals surface area contributed by atoms with Gasteiger partial charge in [-0.1, -0.05) is 71.9 Å². The van der Waals surface area contributed by atoms with Gasteiger partial charge in [0, 0.05) is 13.0 Å². The van der Waals surface area contributed by atoms with E-state index < -0.39 is 10.8 Å². The molecule has 0 radical (unpaired) electrons. The topological polar surface area (TPSA) is 91.3 Å². The third-order valence-electron chi connectivity index (χ3n) is 7.96. The molecular formula is C39H56O7. The van der Waals surface area contributed by atoms with E-state index in [2.05, 4.69) is 44.2 Å². The van der Waals surface area contributed by atoms with Crippen LogP contribution in [0.25, 0.3) is 0 Å². The summed E-state index contributed by atoms with van der Waals surface area (Å²) in [6, 6.07) is 23.8. The zero-order valence-corrected chi connectivity index (χ0v) is 29.8. The predicted octanol–water partition coefficient (Wildman–Crippen LogP) is 9.97. The van der Waals surface area contributed by atoms with Gasteiger partial charge in [-0.05, 0) is 107 Å². The van der Waals surface area contributed by atoms with E-state index in [0.29, 0.717) is 23.2 Å². The monoisotopic (exact) mass is 636 g/mol. The van der Waals surface area contributed by atoms with Crippen molar-refractivity contribution in [2.24, 2.45) is 16.7 Å². The molecule has 0 aromatic heterocycles.